The Morgan fingerprint density at radius 2 is 2.12 bits per heavy atom. The van der Waals surface area contributed by atoms with Crippen molar-refractivity contribution >= 4 is 11.4 Å². The highest BCUT2D eigenvalue weighted by molar-refractivity contribution is 6.05. The monoisotopic (exact) mass is 332 g/mol. The fourth-order valence-electron chi connectivity index (χ4n) is 3.40. The molecule has 3 N–H and O–H groups in total. The highest BCUT2D eigenvalue weighted by Crippen LogP contribution is 2.37. The van der Waals surface area contributed by atoms with Crippen molar-refractivity contribution in [1.82, 2.24) is 4.98 Å². The number of nitrogens with one attached hydrogen (secondary N) is 1. The summed E-state index contributed by atoms with van der Waals surface area (Å²) in [5.74, 6) is 1.07. The molecule has 0 bridgehead atoms. The molecule has 0 aliphatic heterocycles. The Morgan fingerprint density at radius 1 is 1.28 bits per heavy atom. The van der Waals surface area contributed by atoms with E-state index in [1.165, 1.54) is 0 Å². The van der Waals surface area contributed by atoms with Crippen molar-refractivity contribution < 1.29 is 4.74 Å². The van der Waals surface area contributed by atoms with E-state index in [1.54, 1.807) is 6.20 Å². The Bertz CT molecular complexity index is 880. The lowest BCUT2D eigenvalue weighted by Gasteiger charge is -2.25. The van der Waals surface area contributed by atoms with E-state index < -0.39 is 0 Å². The summed E-state index contributed by atoms with van der Waals surface area (Å²) in [5, 5.41) is 17.3. The summed E-state index contributed by atoms with van der Waals surface area (Å²) in [4.78, 5) is 4.47. The zero-order chi connectivity index (χ0) is 17.4. The number of aryl methyl sites for hydroxylation is 1. The molecule has 4 rings (SSSR count). The Labute approximate surface area is 147 Å². The number of hydrogen-bond acceptors (Lipinski definition) is 5. The lowest BCUT2D eigenvalue weighted by Crippen LogP contribution is -2.17. The maximum Gasteiger partial charge on any atom is 0.141 e. The third-order valence-corrected chi connectivity index (χ3v) is 4.93. The van der Waals surface area contributed by atoms with Gasteiger partial charge in [0.15, 0.2) is 0 Å². The van der Waals surface area contributed by atoms with Crippen LogP contribution in [0.5, 0.6) is 5.75 Å². The van der Waals surface area contributed by atoms with Crippen molar-refractivity contribution in [3.05, 3.63) is 52.8 Å². The number of nitrogens with zero attached hydrogens (tertiary/aromatic N) is 2. The van der Waals surface area contributed by atoms with E-state index in [-0.39, 0.29) is 6.10 Å². The molecule has 0 radical (unpaired) electrons. The molecular weight excluding hydrogens is 312 g/mol. The number of ether oxygens (including phenoxy) is 1. The van der Waals surface area contributed by atoms with Crippen LogP contribution in [0.25, 0.3) is 0 Å². The molecule has 2 aliphatic rings. The average Bonchev–Trinajstić information content (AvgIpc) is 3.47. The maximum atomic E-state index is 9.05. The van der Waals surface area contributed by atoms with Crippen LogP contribution < -0.4 is 10.5 Å². The molecule has 1 fully saturated rings. The van der Waals surface area contributed by atoms with Crippen LogP contribution in [0.15, 0.2) is 30.5 Å². The summed E-state index contributed by atoms with van der Waals surface area (Å²) in [6, 6.07) is 9.61. The maximum absolute atomic E-state index is 9.05. The smallest absolute Gasteiger partial charge is 0.141 e. The van der Waals surface area contributed by atoms with Crippen molar-refractivity contribution in [1.29, 1.82) is 10.7 Å². The number of fused-ring (bicyclic) bond motifs is 1. The fraction of sp³-hybridized carbons (Fsp3) is 0.350. The Morgan fingerprint density at radius 3 is 2.88 bits per heavy atom. The quantitative estimate of drug-likeness (QED) is 0.658. The molecular formula is C20H20N4O. The Hall–Kier alpha value is -2.87. The van der Waals surface area contributed by atoms with Crippen LogP contribution in [-0.4, -0.2) is 10.7 Å². The topological polar surface area (TPSA) is 95.8 Å². The summed E-state index contributed by atoms with van der Waals surface area (Å²) in [5.41, 5.74) is 10.7. The highest BCUT2D eigenvalue weighted by atomic mass is 16.5. The van der Waals surface area contributed by atoms with E-state index in [4.69, 9.17) is 21.1 Å². The first-order valence-corrected chi connectivity index (χ1v) is 8.69. The van der Waals surface area contributed by atoms with E-state index in [2.05, 4.69) is 11.1 Å². The van der Waals surface area contributed by atoms with Crippen molar-refractivity contribution in [2.75, 3.05) is 5.73 Å². The Balaban J connectivity index is 1.60. The zero-order valence-electron chi connectivity index (χ0n) is 14.0. The normalized spacial score (nSPS) is 18.9. The molecule has 1 saturated carbocycles. The molecule has 1 aromatic heterocycles. The van der Waals surface area contributed by atoms with Gasteiger partial charge in [0.2, 0.25) is 0 Å². The summed E-state index contributed by atoms with van der Waals surface area (Å²) < 4.78 is 6.20. The number of anilines is 1. The second-order valence-corrected chi connectivity index (χ2v) is 6.82. The van der Waals surface area contributed by atoms with Gasteiger partial charge in [-0.1, -0.05) is 0 Å². The standard InChI is InChI=1S/C20H20N4O/c21-10-12-8-14-2-1-3-18(20(14)24-11-12)25-15-6-7-17(22)16(9-15)19(23)13-4-5-13/h6-9,11,13,18,23H,1-5,22H2. The number of nitriles is 1. The lowest BCUT2D eigenvalue weighted by atomic mass is 9.92. The van der Waals surface area contributed by atoms with E-state index >= 15 is 0 Å². The first-order chi connectivity index (χ1) is 12.2. The molecule has 2 aliphatic carbocycles. The third kappa shape index (κ3) is 3.08. The van der Waals surface area contributed by atoms with Gasteiger partial charge in [0.05, 0.1) is 11.3 Å². The second kappa shape index (κ2) is 6.21. The molecule has 0 amide bonds. The van der Waals surface area contributed by atoms with Crippen molar-refractivity contribution in [2.24, 2.45) is 5.92 Å². The van der Waals surface area contributed by atoms with Gasteiger partial charge in [-0.05, 0) is 61.9 Å². The van der Waals surface area contributed by atoms with Crippen LogP contribution in [0.2, 0.25) is 0 Å². The van der Waals surface area contributed by atoms with E-state index in [0.29, 0.717) is 22.9 Å². The SMILES string of the molecule is N#Cc1cnc2c(c1)CCCC2Oc1ccc(N)c(C(=N)C2CC2)c1. The molecule has 2 aromatic rings. The summed E-state index contributed by atoms with van der Waals surface area (Å²) in [7, 11) is 0. The first kappa shape index (κ1) is 15.6. The molecule has 126 valence electrons. The van der Waals surface area contributed by atoms with Gasteiger partial charge in [0, 0.05) is 29.1 Å². The summed E-state index contributed by atoms with van der Waals surface area (Å²) in [6.07, 6.45) is 6.46. The summed E-state index contributed by atoms with van der Waals surface area (Å²) >= 11 is 0. The van der Waals surface area contributed by atoms with Gasteiger partial charge in [-0.3, -0.25) is 4.98 Å². The number of nitrogens with two attached hydrogens (primary N) is 1. The second-order valence-electron chi connectivity index (χ2n) is 6.82. The number of pyridine rings is 1. The van der Waals surface area contributed by atoms with E-state index in [9.17, 15) is 0 Å². The van der Waals surface area contributed by atoms with E-state index in [1.807, 2.05) is 24.3 Å². The molecule has 5 nitrogen and oxygen atoms in total. The number of nitrogen functional groups attached to an aromatic ring is 1. The minimum Gasteiger partial charge on any atom is -0.484 e. The van der Waals surface area contributed by atoms with Gasteiger partial charge in [-0.25, -0.2) is 0 Å². The molecule has 1 unspecified atom stereocenters. The van der Waals surface area contributed by atoms with Crippen molar-refractivity contribution in [3.63, 3.8) is 0 Å². The Kier molecular flexibility index (Phi) is 3.89. The van der Waals surface area contributed by atoms with Gasteiger partial charge in [-0.2, -0.15) is 5.26 Å². The molecule has 25 heavy (non-hydrogen) atoms. The molecule has 0 saturated heterocycles. The van der Waals surface area contributed by atoms with Crippen LogP contribution >= 0.6 is 0 Å². The lowest BCUT2D eigenvalue weighted by molar-refractivity contribution is 0.178. The van der Waals surface area contributed by atoms with E-state index in [0.717, 1.165) is 54.7 Å². The van der Waals surface area contributed by atoms with Crippen LogP contribution in [0.4, 0.5) is 5.69 Å². The number of hydrogen-bond donors (Lipinski definition) is 2. The van der Waals surface area contributed by atoms with Crippen LogP contribution in [0, 0.1) is 22.7 Å². The number of benzene rings is 1. The van der Waals surface area contributed by atoms with Crippen molar-refractivity contribution in [3.8, 4) is 11.8 Å². The highest BCUT2D eigenvalue weighted by Gasteiger charge is 2.29. The largest absolute Gasteiger partial charge is 0.484 e. The van der Waals surface area contributed by atoms with Gasteiger partial charge in [-0.15, -0.1) is 0 Å². The van der Waals surface area contributed by atoms with Crippen LogP contribution in [0.3, 0.4) is 0 Å². The molecule has 1 atom stereocenters. The molecule has 5 heteroatoms. The molecule has 1 heterocycles. The predicted octanol–water partition coefficient (Wildman–Crippen LogP) is 3.77. The zero-order valence-corrected chi connectivity index (χ0v) is 14.0. The van der Waals surface area contributed by atoms with Gasteiger partial charge >= 0.3 is 0 Å². The predicted molar refractivity (Wildman–Crippen MR) is 95.7 cm³/mol. The van der Waals surface area contributed by atoms with Gasteiger partial charge in [0.1, 0.15) is 17.9 Å². The molecule has 1 aromatic carbocycles. The van der Waals surface area contributed by atoms with Gasteiger partial charge in [0.25, 0.3) is 0 Å². The van der Waals surface area contributed by atoms with Gasteiger partial charge < -0.3 is 15.9 Å². The number of rotatable bonds is 4. The van der Waals surface area contributed by atoms with Crippen LogP contribution in [0.1, 0.15) is 54.2 Å². The minimum absolute atomic E-state index is 0.122. The van der Waals surface area contributed by atoms with Crippen LogP contribution in [-0.2, 0) is 6.42 Å². The summed E-state index contributed by atoms with van der Waals surface area (Å²) in [6.45, 7) is 0. The van der Waals surface area contributed by atoms with Crippen molar-refractivity contribution in [2.45, 2.75) is 38.2 Å². The molecule has 0 spiro atoms. The fourth-order valence-corrected chi connectivity index (χ4v) is 3.40. The third-order valence-electron chi connectivity index (χ3n) is 4.93. The number of aromatic nitrogens is 1. The average molecular weight is 332 g/mol. The first-order valence-electron chi connectivity index (χ1n) is 8.69. The minimum atomic E-state index is -0.122.